The summed E-state index contributed by atoms with van der Waals surface area (Å²) in [6.07, 6.45) is 3.85. The van der Waals surface area contributed by atoms with Gasteiger partial charge in [0.2, 0.25) is 0 Å². The smallest absolute Gasteiger partial charge is 0.305 e. The summed E-state index contributed by atoms with van der Waals surface area (Å²) in [5.74, 6) is 3.66. The summed E-state index contributed by atoms with van der Waals surface area (Å²) in [6.45, 7) is 0. The summed E-state index contributed by atoms with van der Waals surface area (Å²) >= 11 is 3.18. The average Bonchev–Trinajstić information content (AvgIpc) is 3.49. The number of nitro benzene ring substituents is 1. The Labute approximate surface area is 174 Å². The molecular weight excluding hydrogens is 408 g/mol. The monoisotopic (exact) mass is 426 g/mol. The third-order valence-electron chi connectivity index (χ3n) is 6.76. The highest BCUT2D eigenvalue weighted by atomic mass is 32.2. The second-order valence-electron chi connectivity index (χ2n) is 8.18. The number of aromatic nitrogens is 1. The molecule has 3 heterocycles. The topological polar surface area (TPSA) is 89.1 Å². The molecule has 8 heteroatoms. The van der Waals surface area contributed by atoms with Gasteiger partial charge in [-0.3, -0.25) is 14.9 Å². The molecule has 2 aliphatic carbocycles. The van der Waals surface area contributed by atoms with Gasteiger partial charge < -0.3 is 9.40 Å². The molecule has 1 aliphatic heterocycles. The van der Waals surface area contributed by atoms with Crippen LogP contribution < -0.4 is 4.87 Å². The van der Waals surface area contributed by atoms with Crippen molar-refractivity contribution < 1.29 is 9.34 Å². The molecule has 5 atom stereocenters. The summed E-state index contributed by atoms with van der Waals surface area (Å²) in [4.78, 5) is 26.8. The summed E-state index contributed by atoms with van der Waals surface area (Å²) in [7, 11) is 0. The van der Waals surface area contributed by atoms with Gasteiger partial charge in [0, 0.05) is 22.9 Å². The van der Waals surface area contributed by atoms with E-state index in [0.29, 0.717) is 22.8 Å². The second-order valence-corrected chi connectivity index (χ2v) is 10.4. The molecule has 2 aromatic heterocycles. The first-order valence-electron chi connectivity index (χ1n) is 9.82. The van der Waals surface area contributed by atoms with Gasteiger partial charge in [-0.2, -0.15) is 0 Å². The van der Waals surface area contributed by atoms with Crippen LogP contribution in [0.1, 0.15) is 35.8 Å². The maximum Gasteiger partial charge on any atom is 0.305 e. The molecule has 1 N–H and O–H groups in total. The SMILES string of the molecule is O=c1[nH]c2c(s1)[C@@H](c1ccc(-c3ccc([N+](=O)[O-])cc3)o1)[C@@H]1[C@H]3CC[C@@H](C3)[C@@H]1S2. The van der Waals surface area contributed by atoms with Crippen LogP contribution in [0.25, 0.3) is 11.3 Å². The van der Waals surface area contributed by atoms with Gasteiger partial charge in [-0.05, 0) is 61.3 Å². The molecular formula is C21H18N2O4S2. The highest BCUT2D eigenvalue weighted by molar-refractivity contribution is 8.00. The largest absolute Gasteiger partial charge is 0.460 e. The number of hydrogen-bond donors (Lipinski definition) is 1. The van der Waals surface area contributed by atoms with E-state index in [9.17, 15) is 14.9 Å². The van der Waals surface area contributed by atoms with Gasteiger partial charge in [0.1, 0.15) is 11.5 Å². The lowest BCUT2D eigenvalue weighted by Crippen LogP contribution is -2.33. The van der Waals surface area contributed by atoms with Crippen LogP contribution in [-0.4, -0.2) is 15.2 Å². The number of fused-ring (bicyclic) bond motifs is 6. The molecule has 3 aliphatic rings. The molecule has 0 amide bonds. The van der Waals surface area contributed by atoms with Crippen LogP contribution in [0.15, 0.2) is 50.6 Å². The number of thioether (sulfide) groups is 1. The van der Waals surface area contributed by atoms with Crippen molar-refractivity contribution in [2.75, 3.05) is 0 Å². The normalized spacial score (nSPS) is 29.6. The maximum absolute atomic E-state index is 12.1. The predicted molar refractivity (Wildman–Crippen MR) is 112 cm³/mol. The molecule has 0 saturated heterocycles. The lowest BCUT2D eigenvalue weighted by Gasteiger charge is -2.38. The molecule has 29 heavy (non-hydrogen) atoms. The van der Waals surface area contributed by atoms with E-state index in [1.807, 2.05) is 23.9 Å². The lowest BCUT2D eigenvalue weighted by atomic mass is 9.77. The molecule has 0 unspecified atom stereocenters. The van der Waals surface area contributed by atoms with Crippen molar-refractivity contribution in [2.24, 2.45) is 17.8 Å². The fourth-order valence-corrected chi connectivity index (χ4v) is 8.46. The van der Waals surface area contributed by atoms with Gasteiger partial charge in [0.15, 0.2) is 0 Å². The summed E-state index contributed by atoms with van der Waals surface area (Å²) in [5.41, 5.74) is 0.885. The van der Waals surface area contributed by atoms with E-state index in [1.54, 1.807) is 12.1 Å². The summed E-state index contributed by atoms with van der Waals surface area (Å²) in [6, 6.07) is 10.4. The molecule has 0 spiro atoms. The van der Waals surface area contributed by atoms with Crippen molar-refractivity contribution in [1.82, 2.24) is 4.98 Å². The van der Waals surface area contributed by atoms with Crippen LogP contribution in [-0.2, 0) is 0 Å². The number of nitrogens with one attached hydrogen (secondary N) is 1. The van der Waals surface area contributed by atoms with E-state index in [4.69, 9.17) is 4.42 Å². The first kappa shape index (κ1) is 17.5. The first-order valence-corrected chi connectivity index (χ1v) is 11.5. The minimum atomic E-state index is -0.401. The van der Waals surface area contributed by atoms with Gasteiger partial charge in [-0.1, -0.05) is 11.3 Å². The van der Waals surface area contributed by atoms with Gasteiger partial charge >= 0.3 is 4.87 Å². The molecule has 2 bridgehead atoms. The van der Waals surface area contributed by atoms with Crippen molar-refractivity contribution in [3.63, 3.8) is 0 Å². The maximum atomic E-state index is 12.1. The first-order chi connectivity index (χ1) is 14.1. The van der Waals surface area contributed by atoms with E-state index < -0.39 is 4.92 Å². The Balaban J connectivity index is 1.41. The van der Waals surface area contributed by atoms with Gasteiger partial charge in [0.05, 0.1) is 20.7 Å². The van der Waals surface area contributed by atoms with Crippen LogP contribution >= 0.6 is 23.1 Å². The quantitative estimate of drug-likeness (QED) is 0.456. The Morgan fingerprint density at radius 2 is 1.90 bits per heavy atom. The number of furan rings is 1. The van der Waals surface area contributed by atoms with Gasteiger partial charge in [-0.15, -0.1) is 11.8 Å². The van der Waals surface area contributed by atoms with Crippen molar-refractivity contribution in [1.29, 1.82) is 0 Å². The molecule has 1 aromatic carbocycles. The van der Waals surface area contributed by atoms with E-state index in [-0.39, 0.29) is 16.5 Å². The van der Waals surface area contributed by atoms with Crippen LogP contribution in [0, 0.1) is 27.9 Å². The van der Waals surface area contributed by atoms with Crippen LogP contribution in [0.3, 0.4) is 0 Å². The fourth-order valence-electron chi connectivity index (χ4n) is 5.59. The fraction of sp³-hybridized carbons (Fsp3) is 0.381. The zero-order valence-electron chi connectivity index (χ0n) is 15.4. The van der Waals surface area contributed by atoms with E-state index in [0.717, 1.165) is 27.1 Å². The number of aromatic amines is 1. The standard InChI is InChI=1S/C21H18N2O4S2/c24-21-22-20-19(29-21)17(16-11-1-2-12(9-11)18(16)28-20)15-8-7-14(27-15)10-3-5-13(6-4-10)23(25)26/h3-8,11-12,16-18H,1-2,9H2,(H,22,24)/t11-,12-,16-,17-,18-/m0/s1. The average molecular weight is 427 g/mol. The zero-order chi connectivity index (χ0) is 19.7. The number of non-ortho nitro benzene ring substituents is 1. The third-order valence-corrected chi connectivity index (χ3v) is 9.38. The number of hydrogen-bond acceptors (Lipinski definition) is 6. The van der Waals surface area contributed by atoms with Crippen LogP contribution in [0.2, 0.25) is 0 Å². The Morgan fingerprint density at radius 1 is 1.10 bits per heavy atom. The Bertz CT molecular complexity index is 1160. The molecule has 3 aromatic rings. The van der Waals surface area contributed by atoms with Crippen molar-refractivity contribution in [3.8, 4) is 11.3 Å². The van der Waals surface area contributed by atoms with Crippen molar-refractivity contribution in [2.45, 2.75) is 35.5 Å². The molecule has 0 radical (unpaired) electrons. The zero-order valence-corrected chi connectivity index (χ0v) is 17.0. The minimum absolute atomic E-state index is 0.00182. The Hall–Kier alpha value is -2.32. The number of rotatable bonds is 3. The molecule has 6 nitrogen and oxygen atoms in total. The summed E-state index contributed by atoms with van der Waals surface area (Å²) in [5, 5.41) is 12.5. The molecule has 6 rings (SSSR count). The van der Waals surface area contributed by atoms with Crippen molar-refractivity contribution >= 4 is 28.8 Å². The highest BCUT2D eigenvalue weighted by Gasteiger charge is 2.55. The second kappa shape index (κ2) is 6.34. The molecule has 2 saturated carbocycles. The number of thiazole rings is 1. The van der Waals surface area contributed by atoms with E-state index >= 15 is 0 Å². The number of H-pyrrole nitrogens is 1. The third kappa shape index (κ3) is 2.65. The molecule has 148 valence electrons. The number of nitro groups is 1. The Morgan fingerprint density at radius 3 is 2.69 bits per heavy atom. The summed E-state index contributed by atoms with van der Waals surface area (Å²) < 4.78 is 6.30. The van der Waals surface area contributed by atoms with Crippen LogP contribution in [0.4, 0.5) is 5.69 Å². The minimum Gasteiger partial charge on any atom is -0.460 e. The van der Waals surface area contributed by atoms with Crippen molar-refractivity contribution in [3.05, 3.63) is 66.8 Å². The number of nitrogens with zero attached hydrogens (tertiary/aromatic N) is 1. The van der Waals surface area contributed by atoms with E-state index in [2.05, 4.69) is 4.98 Å². The lowest BCUT2D eigenvalue weighted by molar-refractivity contribution is -0.384. The predicted octanol–water partition coefficient (Wildman–Crippen LogP) is 5.26. The number of benzene rings is 1. The van der Waals surface area contributed by atoms with Crippen LogP contribution in [0.5, 0.6) is 0 Å². The van der Waals surface area contributed by atoms with Gasteiger partial charge in [-0.25, -0.2) is 0 Å². The molecule has 2 fully saturated rings. The highest BCUT2D eigenvalue weighted by Crippen LogP contribution is 2.63. The Kier molecular flexibility index (Phi) is 3.83. The van der Waals surface area contributed by atoms with E-state index in [1.165, 1.54) is 42.7 Å². The van der Waals surface area contributed by atoms with Gasteiger partial charge in [0.25, 0.3) is 5.69 Å².